The first kappa shape index (κ1) is 8.16. The van der Waals surface area contributed by atoms with E-state index < -0.39 is 11.1 Å². The van der Waals surface area contributed by atoms with Crippen LogP contribution in [-0.4, -0.2) is 4.21 Å². The zero-order valence-corrected chi connectivity index (χ0v) is 7.96. The van der Waals surface area contributed by atoms with Crippen molar-refractivity contribution in [1.29, 1.82) is 0 Å². The number of benzene rings is 1. The van der Waals surface area contributed by atoms with Crippen LogP contribution in [0.4, 0.5) is 0 Å². The minimum absolute atomic E-state index is 0.692. The summed E-state index contributed by atoms with van der Waals surface area (Å²) in [6.45, 7) is 0. The Bertz CT molecular complexity index is 224. The average molecular weight is 268 g/mol. The normalized spacial score (nSPS) is 12.9. The third kappa shape index (κ3) is 2.03. The van der Waals surface area contributed by atoms with Gasteiger partial charge in [0.15, 0.2) is 11.1 Å². The maximum Gasteiger partial charge on any atom is 0.198 e. The minimum atomic E-state index is -1.30. The number of halogens is 1. The van der Waals surface area contributed by atoms with Crippen LogP contribution in [0.15, 0.2) is 35.2 Å². The smallest absolute Gasteiger partial charge is 0.198 e. The summed E-state index contributed by atoms with van der Waals surface area (Å²) in [6, 6.07) is 9.03. The van der Waals surface area contributed by atoms with E-state index in [0.717, 1.165) is 0 Å². The van der Waals surface area contributed by atoms with E-state index in [4.69, 9.17) is 0 Å². The molecule has 0 spiro atoms. The Kier molecular flexibility index (Phi) is 3.30. The van der Waals surface area contributed by atoms with Gasteiger partial charge in [-0.05, 0) is 12.1 Å². The molecular formula is C6H5IO2S. The molecule has 0 radical (unpaired) electrons. The van der Waals surface area contributed by atoms with Crippen molar-refractivity contribution in [2.45, 2.75) is 4.90 Å². The van der Waals surface area contributed by atoms with E-state index in [1.54, 1.807) is 35.1 Å². The van der Waals surface area contributed by atoms with E-state index >= 15 is 0 Å². The summed E-state index contributed by atoms with van der Waals surface area (Å²) >= 11 is 0.313. The fourth-order valence-electron chi connectivity index (χ4n) is 0.568. The lowest BCUT2D eigenvalue weighted by atomic mass is 10.4. The van der Waals surface area contributed by atoms with Crippen molar-refractivity contribution in [3.63, 3.8) is 0 Å². The van der Waals surface area contributed by atoms with Crippen LogP contribution in [0.2, 0.25) is 0 Å². The van der Waals surface area contributed by atoms with Gasteiger partial charge in [-0.1, -0.05) is 18.2 Å². The van der Waals surface area contributed by atoms with E-state index in [-0.39, 0.29) is 0 Å². The fraction of sp³-hybridized carbons (Fsp3) is 0. The van der Waals surface area contributed by atoms with E-state index in [9.17, 15) is 4.21 Å². The van der Waals surface area contributed by atoms with Crippen LogP contribution in [0.1, 0.15) is 0 Å². The summed E-state index contributed by atoms with van der Waals surface area (Å²) < 4.78 is 15.5. The molecule has 0 fully saturated rings. The molecule has 0 saturated heterocycles. The van der Waals surface area contributed by atoms with Crippen LogP contribution in [0, 0.1) is 0 Å². The van der Waals surface area contributed by atoms with E-state index in [0.29, 0.717) is 4.90 Å². The van der Waals surface area contributed by atoms with Crippen LogP contribution >= 0.6 is 23.0 Å². The molecule has 0 heterocycles. The molecule has 1 aromatic rings. The van der Waals surface area contributed by atoms with Gasteiger partial charge in [-0.3, -0.25) is 0 Å². The van der Waals surface area contributed by atoms with Crippen molar-refractivity contribution in [1.82, 2.24) is 0 Å². The van der Waals surface area contributed by atoms with Crippen LogP contribution in [0.5, 0.6) is 0 Å². The Labute approximate surface area is 75.9 Å². The molecule has 0 aliphatic heterocycles. The van der Waals surface area contributed by atoms with Gasteiger partial charge in [0, 0.05) is 0 Å². The molecule has 0 aliphatic carbocycles. The Morgan fingerprint density at radius 1 is 1.30 bits per heavy atom. The highest BCUT2D eigenvalue weighted by Gasteiger charge is 1.99. The predicted molar refractivity (Wildman–Crippen MR) is 48.0 cm³/mol. The molecule has 2 nitrogen and oxygen atoms in total. The highest BCUT2D eigenvalue weighted by molar-refractivity contribution is 14.1. The van der Waals surface area contributed by atoms with Gasteiger partial charge in [-0.15, -0.1) is 0 Å². The van der Waals surface area contributed by atoms with Crippen LogP contribution in [0.3, 0.4) is 0 Å². The molecular weight excluding hydrogens is 263 g/mol. The van der Waals surface area contributed by atoms with Gasteiger partial charge in [-0.2, -0.15) is 0 Å². The standard InChI is InChI=1S/C6H5IO2S/c7-9-10(8)6-4-2-1-3-5-6/h1-5H. The largest absolute Gasteiger partial charge is 0.223 e. The highest BCUT2D eigenvalue weighted by Crippen LogP contribution is 2.08. The average Bonchev–Trinajstić information content (AvgIpc) is 2.05. The summed E-state index contributed by atoms with van der Waals surface area (Å²) in [5.41, 5.74) is 0. The fourth-order valence-corrected chi connectivity index (χ4v) is 1.64. The summed E-state index contributed by atoms with van der Waals surface area (Å²) in [5, 5.41) is 0. The quantitative estimate of drug-likeness (QED) is 0.767. The molecule has 1 atom stereocenters. The van der Waals surface area contributed by atoms with Crippen molar-refractivity contribution in [2.24, 2.45) is 0 Å². The minimum Gasteiger partial charge on any atom is -0.223 e. The van der Waals surface area contributed by atoms with E-state index in [2.05, 4.69) is 2.51 Å². The topological polar surface area (TPSA) is 26.3 Å². The Morgan fingerprint density at radius 3 is 2.40 bits per heavy atom. The van der Waals surface area contributed by atoms with Gasteiger partial charge in [0.05, 0.1) is 4.90 Å². The SMILES string of the molecule is O=S(OI)c1ccccc1. The maximum atomic E-state index is 10.9. The second kappa shape index (κ2) is 4.05. The maximum absolute atomic E-state index is 10.9. The van der Waals surface area contributed by atoms with E-state index in [1.165, 1.54) is 0 Å². The zero-order valence-electron chi connectivity index (χ0n) is 4.99. The molecule has 1 rings (SSSR count). The lowest BCUT2D eigenvalue weighted by Crippen LogP contribution is -1.87. The third-order valence-electron chi connectivity index (χ3n) is 0.993. The van der Waals surface area contributed by atoms with Crippen molar-refractivity contribution >= 4 is 34.1 Å². The van der Waals surface area contributed by atoms with Gasteiger partial charge in [-0.25, -0.2) is 6.72 Å². The summed E-state index contributed by atoms with van der Waals surface area (Å²) in [7, 11) is 0. The predicted octanol–water partition coefficient (Wildman–Crippen LogP) is 2.08. The first-order valence-electron chi connectivity index (χ1n) is 2.60. The molecule has 4 heteroatoms. The lowest BCUT2D eigenvalue weighted by Gasteiger charge is -1.93. The van der Waals surface area contributed by atoms with Crippen LogP contribution < -0.4 is 0 Å². The van der Waals surface area contributed by atoms with Crippen molar-refractivity contribution in [3.8, 4) is 0 Å². The summed E-state index contributed by atoms with van der Waals surface area (Å²) in [6.07, 6.45) is 0. The van der Waals surface area contributed by atoms with Gasteiger partial charge in [0.2, 0.25) is 0 Å². The second-order valence-corrected chi connectivity index (χ2v) is 3.76. The highest BCUT2D eigenvalue weighted by atomic mass is 127. The van der Waals surface area contributed by atoms with E-state index in [1.807, 2.05) is 18.2 Å². The summed E-state index contributed by atoms with van der Waals surface area (Å²) in [5.74, 6) is 0. The lowest BCUT2D eigenvalue weighted by molar-refractivity contribution is 0.632. The molecule has 10 heavy (non-hydrogen) atoms. The van der Waals surface area contributed by atoms with Crippen molar-refractivity contribution in [3.05, 3.63) is 30.3 Å². The third-order valence-corrected chi connectivity index (χ3v) is 2.74. The van der Waals surface area contributed by atoms with Crippen molar-refractivity contribution in [2.75, 3.05) is 0 Å². The molecule has 0 amide bonds. The Balaban J connectivity index is 2.85. The van der Waals surface area contributed by atoms with Crippen LogP contribution in [-0.2, 0) is 13.6 Å². The molecule has 1 unspecified atom stereocenters. The zero-order chi connectivity index (χ0) is 7.40. The van der Waals surface area contributed by atoms with Crippen molar-refractivity contribution < 1.29 is 6.72 Å². The molecule has 0 bridgehead atoms. The molecule has 0 N–H and O–H groups in total. The molecule has 54 valence electrons. The molecule has 1 aromatic carbocycles. The first-order valence-corrected chi connectivity index (χ1v) is 4.56. The molecule has 0 aromatic heterocycles. The second-order valence-electron chi connectivity index (χ2n) is 1.61. The monoisotopic (exact) mass is 268 g/mol. The van der Waals surface area contributed by atoms with Crippen LogP contribution in [0.25, 0.3) is 0 Å². The number of rotatable bonds is 2. The first-order chi connectivity index (χ1) is 4.84. The van der Waals surface area contributed by atoms with Gasteiger partial charge in [0.1, 0.15) is 23.0 Å². The van der Waals surface area contributed by atoms with Gasteiger partial charge in [0.25, 0.3) is 0 Å². The molecule has 0 saturated carbocycles. The summed E-state index contributed by atoms with van der Waals surface area (Å²) in [4.78, 5) is 0.692. The van der Waals surface area contributed by atoms with Gasteiger partial charge >= 0.3 is 0 Å². The molecule has 0 aliphatic rings. The number of hydrogen-bond donors (Lipinski definition) is 0. The Morgan fingerprint density at radius 2 is 1.90 bits per heavy atom. The number of hydrogen-bond acceptors (Lipinski definition) is 2. The van der Waals surface area contributed by atoms with Gasteiger partial charge < -0.3 is 0 Å². The Hall–Kier alpha value is 0.0600.